The van der Waals surface area contributed by atoms with Crippen molar-refractivity contribution in [2.24, 2.45) is 0 Å². The van der Waals surface area contributed by atoms with E-state index < -0.39 is 10.0 Å². The zero-order valence-corrected chi connectivity index (χ0v) is 19.6. The topological polar surface area (TPSA) is 104 Å². The Morgan fingerprint density at radius 1 is 1.03 bits per heavy atom. The Morgan fingerprint density at radius 2 is 1.68 bits per heavy atom. The van der Waals surface area contributed by atoms with Gasteiger partial charge in [-0.25, -0.2) is 18.4 Å². The normalized spacial score (nSPS) is 12.4. The first kappa shape index (κ1) is 23.6. The quantitative estimate of drug-likeness (QED) is 0.290. The van der Waals surface area contributed by atoms with E-state index in [0.29, 0.717) is 16.7 Å². The third kappa shape index (κ3) is 6.47. The van der Waals surface area contributed by atoms with Gasteiger partial charge in [0.1, 0.15) is 16.5 Å². The molecule has 0 saturated carbocycles. The fraction of sp³-hybridized carbons (Fsp3) is 0.200. The van der Waals surface area contributed by atoms with Gasteiger partial charge in [0.2, 0.25) is 0 Å². The molecule has 0 aliphatic carbocycles. The van der Waals surface area contributed by atoms with E-state index in [1.807, 2.05) is 30.3 Å². The fourth-order valence-electron chi connectivity index (χ4n) is 2.56. The van der Waals surface area contributed by atoms with Crippen LogP contribution in [0.25, 0.3) is 0 Å². The van der Waals surface area contributed by atoms with Gasteiger partial charge in [0.05, 0.1) is 16.7 Å². The van der Waals surface area contributed by atoms with Gasteiger partial charge < -0.3 is 10.4 Å². The molecule has 0 spiro atoms. The number of thioether (sulfide) groups is 1. The first-order valence-electron chi connectivity index (χ1n) is 9.18. The number of nitrogens with one attached hydrogen (secondary N) is 2. The molecule has 0 bridgehead atoms. The van der Waals surface area contributed by atoms with E-state index in [0.717, 1.165) is 5.56 Å². The largest absolute Gasteiger partial charge is 0.394 e. The van der Waals surface area contributed by atoms with E-state index in [-0.39, 0.29) is 33.4 Å². The maximum atomic E-state index is 12.9. The van der Waals surface area contributed by atoms with Crippen LogP contribution in [0.15, 0.2) is 64.6 Å². The summed E-state index contributed by atoms with van der Waals surface area (Å²) in [6.07, 6.45) is 0. The van der Waals surface area contributed by atoms with Crippen LogP contribution in [-0.2, 0) is 15.8 Å². The number of hydrogen-bond acceptors (Lipinski definition) is 7. The lowest BCUT2D eigenvalue weighted by atomic mass is 10.2. The second-order valence-electron chi connectivity index (χ2n) is 6.58. The first-order chi connectivity index (χ1) is 14.8. The van der Waals surface area contributed by atoms with Gasteiger partial charge in [0.15, 0.2) is 5.16 Å². The average Bonchev–Trinajstić information content (AvgIpc) is 2.72. The average molecular weight is 499 g/mol. The number of halogens is 2. The van der Waals surface area contributed by atoms with Gasteiger partial charge in [-0.2, -0.15) is 0 Å². The molecule has 0 unspecified atom stereocenters. The number of benzene rings is 2. The van der Waals surface area contributed by atoms with E-state index >= 15 is 0 Å². The maximum absolute atomic E-state index is 12.9. The van der Waals surface area contributed by atoms with Gasteiger partial charge in [-0.1, -0.05) is 71.4 Å². The van der Waals surface area contributed by atoms with Crippen molar-refractivity contribution in [1.29, 1.82) is 0 Å². The van der Waals surface area contributed by atoms with E-state index in [2.05, 4.69) is 20.0 Å². The van der Waals surface area contributed by atoms with Crippen LogP contribution in [0.1, 0.15) is 12.5 Å². The Hall–Kier alpha value is -2.04. The molecule has 1 heterocycles. The van der Waals surface area contributed by atoms with E-state index in [9.17, 15) is 13.5 Å². The number of aliphatic hydroxyl groups excluding tert-OH is 1. The molecular formula is C20H20Cl2N4O3S2. The van der Waals surface area contributed by atoms with Crippen LogP contribution < -0.4 is 10.0 Å². The molecule has 0 aliphatic rings. The maximum Gasteiger partial charge on any atom is 0.266 e. The molecule has 0 fully saturated rings. The van der Waals surface area contributed by atoms with Gasteiger partial charge in [-0.05, 0) is 24.6 Å². The van der Waals surface area contributed by atoms with Crippen LogP contribution in [0.4, 0.5) is 11.6 Å². The number of nitrogens with zero attached hydrogens (tertiary/aromatic N) is 2. The van der Waals surface area contributed by atoms with Crippen LogP contribution in [0.2, 0.25) is 10.0 Å². The fourth-order valence-corrected chi connectivity index (χ4v) is 5.52. The molecule has 3 rings (SSSR count). The van der Waals surface area contributed by atoms with Gasteiger partial charge >= 0.3 is 0 Å². The van der Waals surface area contributed by atoms with Crippen molar-refractivity contribution in [3.8, 4) is 0 Å². The number of rotatable bonds is 9. The minimum atomic E-state index is -4.10. The van der Waals surface area contributed by atoms with E-state index in [4.69, 9.17) is 23.2 Å². The molecule has 1 aromatic heterocycles. The highest BCUT2D eigenvalue weighted by Crippen LogP contribution is 2.31. The van der Waals surface area contributed by atoms with Gasteiger partial charge in [-0.3, -0.25) is 4.72 Å². The van der Waals surface area contributed by atoms with Crippen LogP contribution in [-0.4, -0.2) is 36.1 Å². The van der Waals surface area contributed by atoms with Crippen molar-refractivity contribution in [3.05, 3.63) is 70.2 Å². The lowest BCUT2D eigenvalue weighted by molar-refractivity contribution is 0.281. The van der Waals surface area contributed by atoms with Gasteiger partial charge in [0.25, 0.3) is 10.0 Å². The summed E-state index contributed by atoms with van der Waals surface area (Å²) in [5, 5.41) is 12.7. The number of aromatic nitrogens is 2. The summed E-state index contributed by atoms with van der Waals surface area (Å²) in [5.41, 5.74) is 1.07. The summed E-state index contributed by atoms with van der Waals surface area (Å²) in [6.45, 7) is 1.65. The molecule has 0 radical (unpaired) electrons. The Morgan fingerprint density at radius 3 is 2.32 bits per heavy atom. The second-order valence-corrected chi connectivity index (χ2v) is 9.96. The molecule has 0 aliphatic heterocycles. The highest BCUT2D eigenvalue weighted by atomic mass is 35.5. The predicted octanol–water partition coefficient (Wildman–Crippen LogP) is 4.67. The monoisotopic (exact) mass is 498 g/mol. The number of anilines is 2. The highest BCUT2D eigenvalue weighted by molar-refractivity contribution is 7.98. The Labute approximate surface area is 195 Å². The summed E-state index contributed by atoms with van der Waals surface area (Å²) in [6, 6.07) is 15.4. The highest BCUT2D eigenvalue weighted by Gasteiger charge is 2.23. The van der Waals surface area contributed by atoms with Crippen molar-refractivity contribution in [3.63, 3.8) is 0 Å². The molecular weight excluding hydrogens is 479 g/mol. The predicted molar refractivity (Wildman–Crippen MR) is 125 cm³/mol. The standard InChI is InChI=1S/C20H20Cl2N4O3S2/c1-13(11-27)23-17-10-18(25-20(24-17)30-12-14-6-3-2-4-7-14)26-31(28,29)19-15(21)8-5-9-16(19)22/h2-10,13,27H,11-12H2,1H3,(H2,23,24,25,26)/t13-/m1/s1. The molecule has 3 N–H and O–H groups in total. The summed E-state index contributed by atoms with van der Waals surface area (Å²) >= 11 is 13.5. The van der Waals surface area contributed by atoms with Gasteiger partial charge in [-0.15, -0.1) is 0 Å². The zero-order chi connectivity index (χ0) is 22.4. The summed E-state index contributed by atoms with van der Waals surface area (Å²) < 4.78 is 28.3. The van der Waals surface area contributed by atoms with Crippen LogP contribution in [0.5, 0.6) is 0 Å². The molecule has 11 heteroatoms. The Bertz CT molecular complexity index is 1130. The molecule has 164 valence electrons. The van der Waals surface area contributed by atoms with Crippen molar-refractivity contribution in [2.75, 3.05) is 16.6 Å². The summed E-state index contributed by atoms with van der Waals surface area (Å²) in [4.78, 5) is 8.51. The van der Waals surface area contributed by atoms with E-state index in [1.165, 1.54) is 30.0 Å². The minimum absolute atomic E-state index is 0.0000154. The first-order valence-corrected chi connectivity index (χ1v) is 12.4. The zero-order valence-electron chi connectivity index (χ0n) is 16.4. The van der Waals surface area contributed by atoms with Gasteiger partial charge in [0, 0.05) is 17.9 Å². The second kappa shape index (κ2) is 10.5. The number of hydrogen-bond donors (Lipinski definition) is 3. The van der Waals surface area contributed by atoms with Crippen LogP contribution in [0.3, 0.4) is 0 Å². The Balaban J connectivity index is 1.91. The third-order valence-corrected chi connectivity index (χ3v) is 7.24. The molecule has 7 nitrogen and oxygen atoms in total. The smallest absolute Gasteiger partial charge is 0.266 e. The molecule has 2 aromatic carbocycles. The molecule has 31 heavy (non-hydrogen) atoms. The van der Waals surface area contributed by atoms with Crippen molar-refractivity contribution >= 4 is 56.6 Å². The van der Waals surface area contributed by atoms with Crippen molar-refractivity contribution in [2.45, 2.75) is 28.8 Å². The minimum Gasteiger partial charge on any atom is -0.394 e. The molecule has 0 amide bonds. The third-order valence-electron chi connectivity index (χ3n) is 4.01. The molecule has 1 atom stereocenters. The molecule has 3 aromatic rings. The van der Waals surface area contributed by atoms with Crippen LogP contribution >= 0.6 is 35.0 Å². The van der Waals surface area contributed by atoms with E-state index in [1.54, 1.807) is 13.0 Å². The molecule has 0 saturated heterocycles. The van der Waals surface area contributed by atoms with Crippen molar-refractivity contribution in [1.82, 2.24) is 9.97 Å². The Kier molecular flexibility index (Phi) is 8.01. The number of sulfonamides is 1. The number of aliphatic hydroxyl groups is 1. The van der Waals surface area contributed by atoms with Crippen molar-refractivity contribution < 1.29 is 13.5 Å². The van der Waals surface area contributed by atoms with Crippen LogP contribution in [0, 0.1) is 0 Å². The lowest BCUT2D eigenvalue weighted by Gasteiger charge is -2.15. The summed E-state index contributed by atoms with van der Waals surface area (Å²) in [7, 11) is -4.10. The SMILES string of the molecule is C[C@H](CO)Nc1cc(NS(=O)(=O)c2c(Cl)cccc2Cl)nc(SCc2ccccc2)n1. The summed E-state index contributed by atoms with van der Waals surface area (Å²) in [5.74, 6) is 1.02. The lowest BCUT2D eigenvalue weighted by Crippen LogP contribution is -2.21.